The average molecular weight is 304 g/mol. The maximum atomic E-state index is 10.2. The van der Waals surface area contributed by atoms with E-state index in [1.54, 1.807) is 49.1 Å². The number of nitrogens with one attached hydrogen (secondary N) is 1. The molecule has 2 rings (SSSR count). The number of nitrogens with two attached hydrogens (primary N) is 1. The van der Waals surface area contributed by atoms with Crippen LogP contribution in [0.3, 0.4) is 0 Å². The van der Waals surface area contributed by atoms with Crippen LogP contribution in [0.25, 0.3) is 0 Å². The topological polar surface area (TPSA) is 127 Å². The minimum absolute atomic E-state index is 0.206. The predicted molar refractivity (Wildman–Crippen MR) is 77.7 cm³/mol. The van der Waals surface area contributed by atoms with Crippen molar-refractivity contribution >= 4 is 12.2 Å². The first kappa shape index (κ1) is 16.9. The Hall–Kier alpha value is -3.16. The van der Waals surface area contributed by atoms with Gasteiger partial charge >= 0.3 is 12.2 Å². The zero-order chi connectivity index (χ0) is 16.2. The van der Waals surface area contributed by atoms with Crippen molar-refractivity contribution in [1.29, 1.82) is 0 Å². The normalized spacial score (nSPS) is 9.09. The molecule has 4 N–H and O–H groups in total. The van der Waals surface area contributed by atoms with Gasteiger partial charge in [0.15, 0.2) is 0 Å². The molecule has 0 aliphatic carbocycles. The molecule has 0 fully saturated rings. The van der Waals surface area contributed by atoms with E-state index in [9.17, 15) is 9.59 Å². The number of amides is 2. The summed E-state index contributed by atoms with van der Waals surface area (Å²) in [6, 6.07) is 7.03. The summed E-state index contributed by atoms with van der Waals surface area (Å²) in [6.07, 6.45) is 4.72. The lowest BCUT2D eigenvalue weighted by Gasteiger charge is -1.99. The molecule has 0 unspecified atom stereocenters. The van der Waals surface area contributed by atoms with Crippen LogP contribution in [0.1, 0.15) is 11.1 Å². The van der Waals surface area contributed by atoms with E-state index in [-0.39, 0.29) is 6.61 Å². The number of rotatable bonds is 4. The number of carbonyl (C=O) groups is 2. The van der Waals surface area contributed by atoms with Crippen molar-refractivity contribution in [1.82, 2.24) is 15.3 Å². The summed E-state index contributed by atoms with van der Waals surface area (Å²) < 4.78 is 4.54. The fourth-order valence-corrected chi connectivity index (χ4v) is 1.31. The number of aromatic nitrogens is 2. The zero-order valence-corrected chi connectivity index (χ0v) is 11.7. The molecular weight excluding hydrogens is 288 g/mol. The Labute approximate surface area is 127 Å². The number of hydrogen-bond acceptors (Lipinski definition) is 5. The molecule has 2 heterocycles. The number of carboxylic acid groups (broad SMARTS) is 1. The molecular formula is C14H16N4O4. The molecule has 0 saturated heterocycles. The SMILES string of the molecule is NC(=O)OCc1ccncc1.O=C(O)NCc1ccncc1. The van der Waals surface area contributed by atoms with Crippen LogP contribution in [0.15, 0.2) is 49.1 Å². The summed E-state index contributed by atoms with van der Waals surface area (Å²) in [5.41, 5.74) is 6.54. The van der Waals surface area contributed by atoms with E-state index in [1.165, 1.54) is 0 Å². The van der Waals surface area contributed by atoms with Crippen LogP contribution >= 0.6 is 0 Å². The van der Waals surface area contributed by atoms with Crippen molar-refractivity contribution in [3.05, 3.63) is 60.2 Å². The van der Waals surface area contributed by atoms with Crippen molar-refractivity contribution in [2.45, 2.75) is 13.2 Å². The number of hydrogen-bond donors (Lipinski definition) is 3. The van der Waals surface area contributed by atoms with E-state index in [1.807, 2.05) is 0 Å². The minimum Gasteiger partial charge on any atom is -0.465 e. The number of carbonyl (C=O) groups excluding carboxylic acids is 1. The highest BCUT2D eigenvalue weighted by atomic mass is 16.5. The molecule has 0 aromatic carbocycles. The molecule has 2 aromatic heterocycles. The molecule has 0 aliphatic heterocycles. The molecule has 0 atom stereocenters. The Morgan fingerprint density at radius 1 is 1.05 bits per heavy atom. The second kappa shape index (κ2) is 9.70. The quantitative estimate of drug-likeness (QED) is 0.785. The van der Waals surface area contributed by atoms with Gasteiger partial charge < -0.3 is 20.9 Å². The van der Waals surface area contributed by atoms with E-state index in [2.05, 4.69) is 20.0 Å². The van der Waals surface area contributed by atoms with Crippen LogP contribution in [0.2, 0.25) is 0 Å². The lowest BCUT2D eigenvalue weighted by molar-refractivity contribution is 0.150. The van der Waals surface area contributed by atoms with Gasteiger partial charge in [0, 0.05) is 31.3 Å². The van der Waals surface area contributed by atoms with Gasteiger partial charge in [-0.2, -0.15) is 0 Å². The van der Waals surface area contributed by atoms with E-state index in [0.717, 1.165) is 11.1 Å². The van der Waals surface area contributed by atoms with Crippen LogP contribution in [0.4, 0.5) is 9.59 Å². The van der Waals surface area contributed by atoms with Gasteiger partial charge in [-0.05, 0) is 35.4 Å². The Balaban J connectivity index is 0.000000220. The monoisotopic (exact) mass is 304 g/mol. The van der Waals surface area contributed by atoms with Gasteiger partial charge in [-0.1, -0.05) is 0 Å². The molecule has 22 heavy (non-hydrogen) atoms. The Morgan fingerprint density at radius 3 is 2.00 bits per heavy atom. The van der Waals surface area contributed by atoms with Gasteiger partial charge in [-0.3, -0.25) is 9.97 Å². The summed E-state index contributed by atoms with van der Waals surface area (Å²) >= 11 is 0. The number of nitrogens with zero attached hydrogens (tertiary/aromatic N) is 2. The fraction of sp³-hybridized carbons (Fsp3) is 0.143. The molecule has 0 bridgehead atoms. The van der Waals surface area contributed by atoms with E-state index in [0.29, 0.717) is 6.54 Å². The van der Waals surface area contributed by atoms with Gasteiger partial charge in [0.1, 0.15) is 6.61 Å². The van der Waals surface area contributed by atoms with Crippen LogP contribution in [-0.2, 0) is 17.9 Å². The van der Waals surface area contributed by atoms with Crippen molar-refractivity contribution < 1.29 is 19.4 Å². The van der Waals surface area contributed by atoms with Crippen LogP contribution in [0.5, 0.6) is 0 Å². The molecule has 0 saturated carbocycles. The number of primary amides is 1. The second-order valence-corrected chi connectivity index (χ2v) is 3.98. The highest BCUT2D eigenvalue weighted by Gasteiger charge is 1.94. The van der Waals surface area contributed by atoms with Crippen molar-refractivity contribution in [2.24, 2.45) is 5.73 Å². The van der Waals surface area contributed by atoms with Crippen molar-refractivity contribution in [2.75, 3.05) is 0 Å². The molecule has 2 amide bonds. The minimum atomic E-state index is -1.01. The zero-order valence-electron chi connectivity index (χ0n) is 11.7. The van der Waals surface area contributed by atoms with E-state index < -0.39 is 12.2 Å². The third-order valence-corrected chi connectivity index (χ3v) is 2.32. The van der Waals surface area contributed by atoms with Gasteiger partial charge in [-0.15, -0.1) is 0 Å². The molecule has 116 valence electrons. The van der Waals surface area contributed by atoms with Crippen molar-refractivity contribution in [3.8, 4) is 0 Å². The predicted octanol–water partition coefficient (Wildman–Crippen LogP) is 1.53. The van der Waals surface area contributed by atoms with Gasteiger partial charge in [0.2, 0.25) is 0 Å². The Kier molecular flexibility index (Phi) is 7.45. The smallest absolute Gasteiger partial charge is 0.404 e. The Morgan fingerprint density at radius 2 is 1.55 bits per heavy atom. The first-order valence-electron chi connectivity index (χ1n) is 6.24. The molecule has 8 nitrogen and oxygen atoms in total. The number of ether oxygens (including phenoxy) is 1. The molecule has 2 aromatic rings. The van der Waals surface area contributed by atoms with E-state index in [4.69, 9.17) is 10.8 Å². The van der Waals surface area contributed by atoms with Gasteiger partial charge in [0.25, 0.3) is 0 Å². The van der Waals surface area contributed by atoms with Crippen LogP contribution in [-0.4, -0.2) is 27.3 Å². The summed E-state index contributed by atoms with van der Waals surface area (Å²) in [6.45, 7) is 0.537. The highest BCUT2D eigenvalue weighted by Crippen LogP contribution is 1.97. The average Bonchev–Trinajstić information content (AvgIpc) is 2.53. The maximum absolute atomic E-state index is 10.2. The van der Waals surface area contributed by atoms with Gasteiger partial charge in [-0.25, -0.2) is 9.59 Å². The summed E-state index contributed by atoms with van der Waals surface area (Å²) in [5.74, 6) is 0. The van der Waals surface area contributed by atoms with Crippen LogP contribution < -0.4 is 11.1 Å². The van der Waals surface area contributed by atoms with Gasteiger partial charge in [0.05, 0.1) is 0 Å². The third kappa shape index (κ3) is 8.10. The first-order chi connectivity index (χ1) is 10.6. The Bertz CT molecular complexity index is 524. The summed E-state index contributed by atoms with van der Waals surface area (Å²) in [7, 11) is 0. The summed E-state index contributed by atoms with van der Waals surface area (Å²) in [4.78, 5) is 27.8. The van der Waals surface area contributed by atoms with E-state index >= 15 is 0 Å². The molecule has 0 aliphatic rings. The standard InChI is InChI=1S/2C7H8N2O2/c8-7(10)11-5-6-1-3-9-4-2-6;10-7(11)9-5-6-1-3-8-4-2-6/h1-4H,5H2,(H2,8,10);1-4,9H,5H2,(H,10,11). The molecule has 0 radical (unpaired) electrons. The lowest BCUT2D eigenvalue weighted by Crippen LogP contribution is -2.19. The maximum Gasteiger partial charge on any atom is 0.404 e. The molecule has 8 heteroatoms. The largest absolute Gasteiger partial charge is 0.465 e. The van der Waals surface area contributed by atoms with Crippen molar-refractivity contribution in [3.63, 3.8) is 0 Å². The van der Waals surface area contributed by atoms with Crippen LogP contribution in [0, 0.1) is 0 Å². The third-order valence-electron chi connectivity index (χ3n) is 2.32. The highest BCUT2D eigenvalue weighted by molar-refractivity contribution is 5.64. The second-order valence-electron chi connectivity index (χ2n) is 3.98. The number of pyridine rings is 2. The lowest BCUT2D eigenvalue weighted by atomic mass is 10.3. The summed E-state index contributed by atoms with van der Waals surface area (Å²) in [5, 5.41) is 10.5. The fourth-order valence-electron chi connectivity index (χ4n) is 1.31. The first-order valence-corrected chi connectivity index (χ1v) is 6.24. The molecule has 0 spiro atoms.